The molecule has 0 radical (unpaired) electrons. The van der Waals surface area contributed by atoms with Gasteiger partial charge in [0.15, 0.2) is 0 Å². The van der Waals surface area contributed by atoms with Crippen molar-refractivity contribution in [3.05, 3.63) is 0 Å². The van der Waals surface area contributed by atoms with Crippen LogP contribution in [-0.2, 0) is 4.74 Å². The SMILES string of the molecule is NC1CC2CCCC(C1)N2C1CCOC1. The van der Waals surface area contributed by atoms with Crippen LogP contribution in [-0.4, -0.2) is 42.3 Å². The fraction of sp³-hybridized carbons (Fsp3) is 1.00. The second-order valence-electron chi connectivity index (χ2n) is 5.43. The fourth-order valence-corrected chi connectivity index (χ4v) is 3.81. The molecule has 86 valence electrons. The normalized spacial score (nSPS) is 47.0. The quantitative estimate of drug-likeness (QED) is 0.705. The van der Waals surface area contributed by atoms with Gasteiger partial charge in [0.2, 0.25) is 0 Å². The van der Waals surface area contributed by atoms with E-state index >= 15 is 0 Å². The molecule has 2 bridgehead atoms. The number of nitrogens with two attached hydrogens (primary N) is 1. The molecule has 3 aliphatic rings. The Morgan fingerprint density at radius 3 is 2.33 bits per heavy atom. The zero-order valence-corrected chi connectivity index (χ0v) is 9.40. The van der Waals surface area contributed by atoms with Gasteiger partial charge in [-0.25, -0.2) is 0 Å². The van der Waals surface area contributed by atoms with Crippen LogP contribution in [0.25, 0.3) is 0 Å². The average Bonchev–Trinajstić information content (AvgIpc) is 2.68. The third-order valence-corrected chi connectivity index (χ3v) is 4.39. The van der Waals surface area contributed by atoms with Crippen molar-refractivity contribution in [2.24, 2.45) is 5.73 Å². The van der Waals surface area contributed by atoms with E-state index in [9.17, 15) is 0 Å². The standard InChI is InChI=1S/C12H22N2O/c13-9-6-10-2-1-3-11(7-9)14(10)12-4-5-15-8-12/h9-12H,1-8,13H2. The van der Waals surface area contributed by atoms with Crippen molar-refractivity contribution < 1.29 is 4.74 Å². The molecule has 0 aromatic rings. The van der Waals surface area contributed by atoms with Crippen LogP contribution in [0.15, 0.2) is 0 Å². The van der Waals surface area contributed by atoms with E-state index < -0.39 is 0 Å². The third kappa shape index (κ3) is 1.81. The summed E-state index contributed by atoms with van der Waals surface area (Å²) in [6.45, 7) is 1.93. The number of hydrogen-bond donors (Lipinski definition) is 1. The summed E-state index contributed by atoms with van der Waals surface area (Å²) in [5, 5.41) is 0. The number of hydrogen-bond acceptors (Lipinski definition) is 3. The Morgan fingerprint density at radius 2 is 1.73 bits per heavy atom. The molecular formula is C12H22N2O. The first-order valence-corrected chi connectivity index (χ1v) is 6.45. The Labute approximate surface area is 91.9 Å². The molecule has 3 fully saturated rings. The van der Waals surface area contributed by atoms with Crippen molar-refractivity contribution in [2.75, 3.05) is 13.2 Å². The second kappa shape index (κ2) is 4.04. The molecule has 3 saturated heterocycles. The van der Waals surface area contributed by atoms with Gasteiger partial charge in [-0.05, 0) is 32.1 Å². The van der Waals surface area contributed by atoms with Gasteiger partial charge in [0, 0.05) is 30.8 Å². The summed E-state index contributed by atoms with van der Waals surface area (Å²) in [4.78, 5) is 2.76. The molecule has 3 heteroatoms. The highest BCUT2D eigenvalue weighted by atomic mass is 16.5. The van der Waals surface area contributed by atoms with Gasteiger partial charge in [-0.2, -0.15) is 0 Å². The van der Waals surface area contributed by atoms with Crippen LogP contribution in [0.1, 0.15) is 38.5 Å². The Hall–Kier alpha value is -0.120. The van der Waals surface area contributed by atoms with Crippen molar-refractivity contribution in [3.8, 4) is 0 Å². The zero-order chi connectivity index (χ0) is 10.3. The van der Waals surface area contributed by atoms with Crippen molar-refractivity contribution in [2.45, 2.75) is 62.7 Å². The number of fused-ring (bicyclic) bond motifs is 2. The summed E-state index contributed by atoms with van der Waals surface area (Å²) >= 11 is 0. The van der Waals surface area contributed by atoms with Gasteiger partial charge >= 0.3 is 0 Å². The predicted molar refractivity (Wildman–Crippen MR) is 59.7 cm³/mol. The summed E-state index contributed by atoms with van der Waals surface area (Å²) in [5.74, 6) is 0. The second-order valence-corrected chi connectivity index (χ2v) is 5.43. The highest BCUT2D eigenvalue weighted by Gasteiger charge is 2.41. The smallest absolute Gasteiger partial charge is 0.0622 e. The number of piperidine rings is 2. The van der Waals surface area contributed by atoms with Crippen LogP contribution in [0.5, 0.6) is 0 Å². The summed E-state index contributed by atoms with van der Waals surface area (Å²) in [6, 6.07) is 2.69. The molecule has 3 nitrogen and oxygen atoms in total. The molecule has 0 aliphatic carbocycles. The van der Waals surface area contributed by atoms with Crippen molar-refractivity contribution >= 4 is 0 Å². The van der Waals surface area contributed by atoms with E-state index in [-0.39, 0.29) is 0 Å². The molecule has 3 heterocycles. The lowest BCUT2D eigenvalue weighted by Crippen LogP contribution is -2.59. The molecular weight excluding hydrogens is 188 g/mol. The molecule has 0 amide bonds. The first-order valence-electron chi connectivity index (χ1n) is 6.45. The lowest BCUT2D eigenvalue weighted by Gasteiger charge is -2.50. The maximum atomic E-state index is 6.13. The molecule has 0 aromatic heterocycles. The van der Waals surface area contributed by atoms with Crippen molar-refractivity contribution in [1.82, 2.24) is 4.90 Å². The highest BCUT2D eigenvalue weighted by Crippen LogP contribution is 2.36. The van der Waals surface area contributed by atoms with E-state index in [1.54, 1.807) is 0 Å². The topological polar surface area (TPSA) is 38.5 Å². The Morgan fingerprint density at radius 1 is 1.00 bits per heavy atom. The number of nitrogens with zero attached hydrogens (tertiary/aromatic N) is 1. The monoisotopic (exact) mass is 210 g/mol. The average molecular weight is 210 g/mol. The van der Waals surface area contributed by atoms with Crippen molar-refractivity contribution in [1.29, 1.82) is 0 Å². The van der Waals surface area contributed by atoms with Gasteiger partial charge in [0.05, 0.1) is 6.61 Å². The van der Waals surface area contributed by atoms with Crippen LogP contribution in [0.4, 0.5) is 0 Å². The lowest BCUT2D eigenvalue weighted by molar-refractivity contribution is -0.00820. The van der Waals surface area contributed by atoms with Crippen LogP contribution in [0.3, 0.4) is 0 Å². The highest BCUT2D eigenvalue weighted by molar-refractivity contribution is 4.97. The summed E-state index contributed by atoms with van der Waals surface area (Å²) in [7, 11) is 0. The molecule has 2 N–H and O–H groups in total. The number of rotatable bonds is 1. The van der Waals surface area contributed by atoms with Gasteiger partial charge in [-0.1, -0.05) is 6.42 Å². The van der Waals surface area contributed by atoms with Gasteiger partial charge in [-0.15, -0.1) is 0 Å². The van der Waals surface area contributed by atoms with Crippen molar-refractivity contribution in [3.63, 3.8) is 0 Å². The van der Waals surface area contributed by atoms with Gasteiger partial charge in [0.1, 0.15) is 0 Å². The van der Waals surface area contributed by atoms with E-state index in [1.165, 1.54) is 38.5 Å². The predicted octanol–water partition coefficient (Wildman–Crippen LogP) is 1.12. The molecule has 0 spiro atoms. The number of ether oxygens (including phenoxy) is 1. The molecule has 0 aromatic carbocycles. The Bertz CT molecular complexity index is 214. The Balaban J connectivity index is 1.75. The summed E-state index contributed by atoms with van der Waals surface area (Å²) in [6.07, 6.45) is 7.80. The van der Waals surface area contributed by atoms with E-state index in [0.717, 1.165) is 25.3 Å². The lowest BCUT2D eigenvalue weighted by atomic mass is 9.81. The molecule has 3 atom stereocenters. The van der Waals surface area contributed by atoms with Crippen LogP contribution >= 0.6 is 0 Å². The fourth-order valence-electron chi connectivity index (χ4n) is 3.81. The molecule has 0 saturated carbocycles. The van der Waals surface area contributed by atoms with E-state index in [1.807, 2.05) is 0 Å². The van der Waals surface area contributed by atoms with Crippen LogP contribution in [0, 0.1) is 0 Å². The van der Waals surface area contributed by atoms with Gasteiger partial charge in [0.25, 0.3) is 0 Å². The minimum atomic E-state index is 0.457. The Kier molecular flexibility index (Phi) is 2.71. The largest absolute Gasteiger partial charge is 0.380 e. The van der Waals surface area contributed by atoms with Gasteiger partial charge in [-0.3, -0.25) is 4.90 Å². The maximum absolute atomic E-state index is 6.13. The minimum absolute atomic E-state index is 0.457. The maximum Gasteiger partial charge on any atom is 0.0622 e. The third-order valence-electron chi connectivity index (χ3n) is 4.39. The zero-order valence-electron chi connectivity index (χ0n) is 9.40. The molecule has 3 aliphatic heterocycles. The molecule has 3 rings (SSSR count). The van der Waals surface area contributed by atoms with Crippen LogP contribution < -0.4 is 5.73 Å². The molecule has 3 unspecified atom stereocenters. The summed E-state index contributed by atoms with van der Waals surface area (Å²) in [5.41, 5.74) is 6.13. The minimum Gasteiger partial charge on any atom is -0.380 e. The first-order chi connectivity index (χ1) is 7.34. The molecule has 15 heavy (non-hydrogen) atoms. The van der Waals surface area contributed by atoms with E-state index in [0.29, 0.717) is 12.1 Å². The van der Waals surface area contributed by atoms with Gasteiger partial charge < -0.3 is 10.5 Å². The van der Waals surface area contributed by atoms with Crippen LogP contribution in [0.2, 0.25) is 0 Å². The summed E-state index contributed by atoms with van der Waals surface area (Å²) < 4.78 is 5.53. The van der Waals surface area contributed by atoms with E-state index in [4.69, 9.17) is 10.5 Å². The first kappa shape index (κ1) is 10.1. The van der Waals surface area contributed by atoms with E-state index in [2.05, 4.69) is 4.90 Å².